The van der Waals surface area contributed by atoms with Crippen molar-refractivity contribution >= 4 is 0 Å². The van der Waals surface area contributed by atoms with Gasteiger partial charge in [-0.2, -0.15) is 0 Å². The minimum absolute atomic E-state index is 0. The van der Waals surface area contributed by atoms with Crippen molar-refractivity contribution in [2.75, 3.05) is 0 Å². The molecule has 0 aromatic carbocycles. The van der Waals surface area contributed by atoms with Gasteiger partial charge in [0.1, 0.15) is 20.1 Å². The van der Waals surface area contributed by atoms with Crippen molar-refractivity contribution in [3.63, 3.8) is 0 Å². The van der Waals surface area contributed by atoms with Crippen LogP contribution in [-0.4, -0.2) is 0 Å². The zero-order valence-electron chi connectivity index (χ0n) is 4.18. The summed E-state index contributed by atoms with van der Waals surface area (Å²) in [4.78, 5) is 0. The summed E-state index contributed by atoms with van der Waals surface area (Å²) >= 11 is -7.73. The molecule has 0 aliphatic rings. The van der Waals surface area contributed by atoms with Crippen molar-refractivity contribution in [2.24, 2.45) is 0 Å². The Morgan fingerprint density at radius 1 is 1.00 bits per heavy atom. The molecule has 9 heteroatoms. The SMILES string of the molecule is [Na+].[O-][I+3]([O-])([O-])[O-].[O]=[Ru]=[O]. The Morgan fingerprint density at radius 2 is 1.00 bits per heavy atom. The summed E-state index contributed by atoms with van der Waals surface area (Å²) in [5.74, 6) is 0. The van der Waals surface area contributed by atoms with Gasteiger partial charge in [0.15, 0.2) is 0 Å². The molecule has 6 nitrogen and oxygen atoms in total. The zero-order valence-corrected chi connectivity index (χ0v) is 10.1. The molecule has 0 bridgehead atoms. The maximum absolute atomic E-state index is 8.62. The van der Waals surface area contributed by atoms with Crippen molar-refractivity contribution in [1.29, 1.82) is 0 Å². The minimum atomic E-state index is -5.94. The van der Waals surface area contributed by atoms with Gasteiger partial charge in [-0.3, -0.25) is 13.7 Å². The maximum atomic E-state index is 8.62. The van der Waals surface area contributed by atoms with Crippen LogP contribution in [0.5, 0.6) is 0 Å². The molecule has 0 amide bonds. The number of rotatable bonds is 0. The quantitative estimate of drug-likeness (QED) is 0.316. The zero-order chi connectivity index (χ0) is 7.21. The predicted octanol–water partition coefficient (Wildman–Crippen LogP) is -11.0. The van der Waals surface area contributed by atoms with Crippen LogP contribution in [0.25, 0.3) is 0 Å². The Labute approximate surface area is 86.4 Å². The van der Waals surface area contributed by atoms with Crippen LogP contribution in [0.15, 0.2) is 0 Å². The van der Waals surface area contributed by atoms with Crippen LogP contribution in [0.1, 0.15) is 0 Å². The van der Waals surface area contributed by atoms with E-state index in [2.05, 4.69) is 0 Å². The molecule has 0 N–H and O–H groups in total. The first-order valence-electron chi connectivity index (χ1n) is 0.906. The average Bonchev–Trinajstić information content (AvgIpc) is 1.27. The van der Waals surface area contributed by atoms with E-state index in [1.165, 1.54) is 0 Å². The van der Waals surface area contributed by atoms with E-state index in [9.17, 15) is 0 Å². The van der Waals surface area contributed by atoms with Crippen LogP contribution < -0.4 is 63.4 Å². The molecule has 0 spiro atoms. The van der Waals surface area contributed by atoms with E-state index >= 15 is 0 Å². The van der Waals surface area contributed by atoms with E-state index in [1.54, 1.807) is 0 Å². The summed E-state index contributed by atoms with van der Waals surface area (Å²) in [6, 6.07) is 0. The average molecular weight is 347 g/mol. The van der Waals surface area contributed by atoms with Crippen molar-refractivity contribution in [1.82, 2.24) is 0 Å². The van der Waals surface area contributed by atoms with Gasteiger partial charge in [0, 0.05) is 0 Å². The number of hydrogen-bond donors (Lipinski definition) is 0. The van der Waals surface area contributed by atoms with E-state index < -0.39 is 37.1 Å². The van der Waals surface area contributed by atoms with Gasteiger partial charge in [0.05, 0.1) is 0 Å². The first-order chi connectivity index (χ1) is 3.41. The molecular formula is INaO6Ru. The van der Waals surface area contributed by atoms with Gasteiger partial charge in [0.25, 0.3) is 0 Å². The third-order valence-electron chi connectivity index (χ3n) is 0. The Kier molecular flexibility index (Phi) is 18.5. The fraction of sp³-hybridized carbons (Fsp3) is 0. The molecule has 0 saturated carbocycles. The molecule has 0 atom stereocenters. The molecule has 52 valence electrons. The van der Waals surface area contributed by atoms with Gasteiger partial charge in [-0.05, 0) is 0 Å². The molecule has 0 unspecified atom stereocenters. The molecule has 0 aliphatic carbocycles. The molecular weight excluding hydrogens is 347 g/mol. The number of halogens is 1. The molecule has 0 fully saturated rings. The molecule has 0 radical (unpaired) electrons. The Balaban J connectivity index is -0.0000000800. The van der Waals surface area contributed by atoms with Crippen LogP contribution in [0.3, 0.4) is 0 Å². The molecule has 0 rings (SSSR count). The van der Waals surface area contributed by atoms with E-state index in [4.69, 9.17) is 20.9 Å². The van der Waals surface area contributed by atoms with Gasteiger partial charge in [-0.1, -0.05) is 0 Å². The molecule has 0 aromatic rings. The fourth-order valence-corrected chi connectivity index (χ4v) is 0. The Hall–Kier alpha value is 1.79. The van der Waals surface area contributed by atoms with Gasteiger partial charge < -0.3 is 0 Å². The molecule has 0 heterocycles. The first kappa shape index (κ1) is 17.0. The second kappa shape index (κ2) is 9.79. The molecule has 9 heavy (non-hydrogen) atoms. The third-order valence-corrected chi connectivity index (χ3v) is 0. The van der Waals surface area contributed by atoms with Crippen LogP contribution in [0.4, 0.5) is 0 Å². The Bertz CT molecular complexity index is 73.5. The molecule has 0 aliphatic heterocycles. The monoisotopic (exact) mass is 348 g/mol. The van der Waals surface area contributed by atoms with Crippen molar-refractivity contribution in [2.45, 2.75) is 0 Å². The third kappa shape index (κ3) is 185. The van der Waals surface area contributed by atoms with Crippen molar-refractivity contribution in [3.05, 3.63) is 0 Å². The second-order valence-corrected chi connectivity index (χ2v) is 2.88. The van der Waals surface area contributed by atoms with Crippen LogP contribution >= 0.6 is 0 Å². The Morgan fingerprint density at radius 3 is 1.00 bits per heavy atom. The standard InChI is InChI=1S/IO4.Na.2O.Ru/c2-1(3,4)5;;;;/q-1;+1;;;. The molecule has 0 aromatic heterocycles. The fourth-order valence-electron chi connectivity index (χ4n) is 0. The summed E-state index contributed by atoms with van der Waals surface area (Å²) in [7, 11) is 0. The van der Waals surface area contributed by atoms with E-state index in [1.807, 2.05) is 0 Å². The van der Waals surface area contributed by atoms with Gasteiger partial charge in [-0.15, -0.1) is 0 Å². The van der Waals surface area contributed by atoms with Gasteiger partial charge in [-0.25, -0.2) is 0 Å². The van der Waals surface area contributed by atoms with E-state index in [0.717, 1.165) is 0 Å². The van der Waals surface area contributed by atoms with Crippen molar-refractivity contribution < 1.29 is 87.6 Å². The van der Waals surface area contributed by atoms with Crippen molar-refractivity contribution in [3.8, 4) is 0 Å². The normalized spacial score (nSPS) is 8.44. The van der Waals surface area contributed by atoms with Gasteiger partial charge >= 0.3 is 53.7 Å². The summed E-state index contributed by atoms with van der Waals surface area (Å²) in [6.45, 7) is 0. The summed E-state index contributed by atoms with van der Waals surface area (Å²) < 4.78 is 51.4. The molecule has 0 saturated heterocycles. The predicted molar refractivity (Wildman–Crippen MR) is 1.37 cm³/mol. The summed E-state index contributed by atoms with van der Waals surface area (Å²) in [6.07, 6.45) is 0. The van der Waals surface area contributed by atoms with E-state index in [0.29, 0.717) is 0 Å². The second-order valence-electron chi connectivity index (χ2n) is 0.437. The van der Waals surface area contributed by atoms with Crippen LogP contribution in [0, 0.1) is 0 Å². The van der Waals surface area contributed by atoms with Crippen LogP contribution in [0.2, 0.25) is 0 Å². The summed E-state index contributed by atoms with van der Waals surface area (Å²) in [5, 5.41) is 0. The first-order valence-corrected chi connectivity index (χ1v) is 5.85. The number of hydrogen-bond acceptors (Lipinski definition) is 6. The van der Waals surface area contributed by atoms with Gasteiger partial charge in [0.2, 0.25) is 0 Å². The van der Waals surface area contributed by atoms with Crippen LogP contribution in [-0.2, 0) is 24.2 Å². The van der Waals surface area contributed by atoms with E-state index in [-0.39, 0.29) is 29.6 Å². The summed E-state index contributed by atoms with van der Waals surface area (Å²) in [5.41, 5.74) is 0. The topological polar surface area (TPSA) is 126 Å².